The van der Waals surface area contributed by atoms with Crippen LogP contribution >= 0.6 is 0 Å². The molecule has 0 radical (unpaired) electrons. The van der Waals surface area contributed by atoms with E-state index in [0.717, 1.165) is 25.1 Å². The molecular weight excluding hydrogens is 342 g/mol. The topological polar surface area (TPSA) is 65.1 Å². The van der Waals surface area contributed by atoms with Gasteiger partial charge in [0.15, 0.2) is 11.2 Å². The summed E-state index contributed by atoms with van der Waals surface area (Å²) in [4.78, 5) is 32.4. The number of hydrogen-bond donors (Lipinski definition) is 0. The lowest BCUT2D eigenvalue weighted by atomic mass is 9.84. The second-order valence-electron chi connectivity index (χ2n) is 8.22. The molecule has 2 heterocycles. The van der Waals surface area contributed by atoms with E-state index in [1.807, 2.05) is 4.57 Å². The number of hydrogen-bond acceptors (Lipinski definition) is 4. The number of fused-ring (bicyclic) bond motifs is 1. The van der Waals surface area contributed by atoms with E-state index < -0.39 is 0 Å². The Hall–Kier alpha value is -2.15. The van der Waals surface area contributed by atoms with Gasteiger partial charge in [0.25, 0.3) is 5.56 Å². The van der Waals surface area contributed by atoms with Crippen molar-refractivity contribution in [2.75, 3.05) is 14.1 Å². The maximum absolute atomic E-state index is 12.9. The Morgan fingerprint density at radius 3 is 2.52 bits per heavy atom. The van der Waals surface area contributed by atoms with Gasteiger partial charge in [0.1, 0.15) is 5.82 Å². The number of rotatable bonds is 4. The number of aryl methyl sites for hydroxylation is 1. The molecule has 1 saturated carbocycles. The number of nitrogens with zero attached hydrogens (tertiary/aromatic N) is 5. The molecule has 27 heavy (non-hydrogen) atoms. The fraction of sp³-hybridized carbons (Fsp3) is 0.650. The van der Waals surface area contributed by atoms with E-state index in [0.29, 0.717) is 29.7 Å². The van der Waals surface area contributed by atoms with Gasteiger partial charge in [-0.3, -0.25) is 13.9 Å². The minimum Gasteiger partial charge on any atom is -0.318 e. The SMILES string of the molecule is CC(C)=CCn1c(C2CCCC(N(C)C)C2)nc2c1c(=O)n(C)c(=O)n2C. The molecule has 1 aliphatic carbocycles. The standard InChI is InChI=1S/C20H31N5O2/c1-13(2)10-11-25-16-18(23(5)20(27)24(6)19(16)26)21-17(25)14-8-7-9-15(12-14)22(3)4/h10,14-15H,7-9,11-12H2,1-6H3. The van der Waals surface area contributed by atoms with Crippen molar-refractivity contribution in [1.82, 2.24) is 23.6 Å². The average Bonchev–Trinajstić information content (AvgIpc) is 3.02. The van der Waals surface area contributed by atoms with Crippen molar-refractivity contribution in [2.45, 2.75) is 58.0 Å². The zero-order valence-corrected chi connectivity index (χ0v) is 17.3. The lowest BCUT2D eigenvalue weighted by molar-refractivity contribution is 0.209. The van der Waals surface area contributed by atoms with Gasteiger partial charge >= 0.3 is 5.69 Å². The van der Waals surface area contributed by atoms with E-state index >= 15 is 0 Å². The molecule has 2 unspecified atom stereocenters. The minimum absolute atomic E-state index is 0.269. The normalized spacial score (nSPS) is 20.4. The van der Waals surface area contributed by atoms with Gasteiger partial charge in [-0.05, 0) is 47.2 Å². The van der Waals surface area contributed by atoms with Crippen LogP contribution in [-0.2, 0) is 20.6 Å². The molecule has 0 N–H and O–H groups in total. The third-order valence-corrected chi connectivity index (χ3v) is 5.80. The molecule has 1 aliphatic rings. The van der Waals surface area contributed by atoms with Crippen molar-refractivity contribution in [3.63, 3.8) is 0 Å². The molecule has 1 fully saturated rings. The van der Waals surface area contributed by atoms with Crippen LogP contribution in [0.15, 0.2) is 21.2 Å². The second kappa shape index (κ2) is 7.46. The summed E-state index contributed by atoms with van der Waals surface area (Å²) in [5.74, 6) is 1.23. The highest BCUT2D eigenvalue weighted by atomic mass is 16.2. The molecule has 0 saturated heterocycles. The number of aromatic nitrogens is 4. The summed E-state index contributed by atoms with van der Waals surface area (Å²) in [5, 5.41) is 0. The molecule has 0 aromatic carbocycles. The quantitative estimate of drug-likeness (QED) is 0.769. The first-order valence-electron chi connectivity index (χ1n) is 9.68. The van der Waals surface area contributed by atoms with Gasteiger partial charge in [0.2, 0.25) is 0 Å². The zero-order valence-electron chi connectivity index (χ0n) is 17.3. The highest BCUT2D eigenvalue weighted by Crippen LogP contribution is 2.35. The lowest BCUT2D eigenvalue weighted by Crippen LogP contribution is -2.37. The Labute approximate surface area is 159 Å². The van der Waals surface area contributed by atoms with Crippen LogP contribution in [-0.4, -0.2) is 43.7 Å². The molecule has 2 aromatic rings. The third-order valence-electron chi connectivity index (χ3n) is 5.80. The van der Waals surface area contributed by atoms with Gasteiger partial charge in [0, 0.05) is 32.6 Å². The van der Waals surface area contributed by atoms with E-state index in [2.05, 4.69) is 38.9 Å². The van der Waals surface area contributed by atoms with E-state index in [1.54, 1.807) is 7.05 Å². The van der Waals surface area contributed by atoms with Crippen molar-refractivity contribution in [3.05, 3.63) is 38.3 Å². The first-order valence-corrected chi connectivity index (χ1v) is 9.68. The first-order chi connectivity index (χ1) is 12.7. The van der Waals surface area contributed by atoms with Crippen LogP contribution in [0.4, 0.5) is 0 Å². The van der Waals surface area contributed by atoms with E-state index in [-0.39, 0.29) is 11.2 Å². The summed E-state index contributed by atoms with van der Waals surface area (Å²) in [6.07, 6.45) is 6.55. The largest absolute Gasteiger partial charge is 0.332 e. The molecule has 0 spiro atoms. The van der Waals surface area contributed by atoms with Crippen molar-refractivity contribution >= 4 is 11.2 Å². The third kappa shape index (κ3) is 3.52. The van der Waals surface area contributed by atoms with Gasteiger partial charge in [-0.15, -0.1) is 0 Å². The average molecular weight is 374 g/mol. The van der Waals surface area contributed by atoms with E-state index in [4.69, 9.17) is 4.98 Å². The molecule has 0 aliphatic heterocycles. The fourth-order valence-electron chi connectivity index (χ4n) is 4.10. The molecule has 2 aromatic heterocycles. The predicted molar refractivity (Wildman–Crippen MR) is 108 cm³/mol. The van der Waals surface area contributed by atoms with Gasteiger partial charge in [-0.25, -0.2) is 9.78 Å². The van der Waals surface area contributed by atoms with Crippen LogP contribution in [0.2, 0.25) is 0 Å². The monoisotopic (exact) mass is 373 g/mol. The second-order valence-corrected chi connectivity index (χ2v) is 8.22. The molecule has 0 amide bonds. The summed E-state index contributed by atoms with van der Waals surface area (Å²) in [6, 6.07) is 0.520. The Morgan fingerprint density at radius 2 is 1.89 bits per heavy atom. The Balaban J connectivity index is 2.22. The van der Waals surface area contributed by atoms with Crippen LogP contribution in [0.5, 0.6) is 0 Å². The molecular formula is C20H31N5O2. The highest BCUT2D eigenvalue weighted by Gasteiger charge is 2.29. The fourth-order valence-corrected chi connectivity index (χ4v) is 4.10. The van der Waals surface area contributed by atoms with Crippen molar-refractivity contribution in [2.24, 2.45) is 14.1 Å². The summed E-state index contributed by atoms with van der Waals surface area (Å²) >= 11 is 0. The molecule has 148 valence electrons. The van der Waals surface area contributed by atoms with E-state index in [9.17, 15) is 9.59 Å². The van der Waals surface area contributed by atoms with Crippen LogP contribution in [0.25, 0.3) is 11.2 Å². The highest BCUT2D eigenvalue weighted by molar-refractivity contribution is 5.71. The number of allylic oxidation sites excluding steroid dienone is 2. The molecule has 0 bridgehead atoms. The van der Waals surface area contributed by atoms with Crippen molar-refractivity contribution in [3.8, 4) is 0 Å². The first kappa shape index (κ1) is 19.6. The Bertz CT molecular complexity index is 988. The maximum atomic E-state index is 12.9. The molecule has 7 heteroatoms. The van der Waals surface area contributed by atoms with Crippen LogP contribution < -0.4 is 11.2 Å². The summed E-state index contributed by atoms with van der Waals surface area (Å²) in [7, 11) is 7.47. The van der Waals surface area contributed by atoms with Gasteiger partial charge in [0.05, 0.1) is 0 Å². The maximum Gasteiger partial charge on any atom is 0.332 e. The summed E-state index contributed by atoms with van der Waals surface area (Å²) in [6.45, 7) is 4.70. The zero-order chi connectivity index (χ0) is 19.9. The van der Waals surface area contributed by atoms with Gasteiger partial charge in [-0.1, -0.05) is 18.1 Å². The van der Waals surface area contributed by atoms with Gasteiger partial charge in [-0.2, -0.15) is 0 Å². The van der Waals surface area contributed by atoms with Crippen molar-refractivity contribution in [1.29, 1.82) is 0 Å². The minimum atomic E-state index is -0.333. The molecule has 2 atom stereocenters. The smallest absolute Gasteiger partial charge is 0.318 e. The Kier molecular flexibility index (Phi) is 5.42. The predicted octanol–water partition coefficient (Wildman–Crippen LogP) is 1.99. The van der Waals surface area contributed by atoms with Gasteiger partial charge < -0.3 is 9.47 Å². The Morgan fingerprint density at radius 1 is 1.19 bits per heavy atom. The van der Waals surface area contributed by atoms with E-state index in [1.165, 1.54) is 28.2 Å². The van der Waals surface area contributed by atoms with Crippen LogP contribution in [0.1, 0.15) is 51.3 Å². The lowest BCUT2D eigenvalue weighted by Gasteiger charge is -2.33. The van der Waals surface area contributed by atoms with Crippen LogP contribution in [0.3, 0.4) is 0 Å². The van der Waals surface area contributed by atoms with Crippen LogP contribution in [0, 0.1) is 0 Å². The summed E-state index contributed by atoms with van der Waals surface area (Å²) < 4.78 is 4.70. The summed E-state index contributed by atoms with van der Waals surface area (Å²) in [5.41, 5.74) is 1.61. The number of imidazole rings is 1. The molecule has 3 rings (SSSR count). The molecule has 7 nitrogen and oxygen atoms in total. The van der Waals surface area contributed by atoms with Crippen molar-refractivity contribution < 1.29 is 0 Å².